The standard InChI is InChI=1S/C13H12ClN3O2/c14-8-5-9(7-15-6-8)19-13(18)12-10-3-1-2-4-11(10)16-17-12/h5-7H,1-4H2,(H,16,17). The highest BCUT2D eigenvalue weighted by Gasteiger charge is 2.23. The van der Waals surface area contributed by atoms with Crippen molar-refractivity contribution < 1.29 is 9.53 Å². The minimum atomic E-state index is -0.469. The highest BCUT2D eigenvalue weighted by molar-refractivity contribution is 6.30. The molecule has 0 unspecified atom stereocenters. The van der Waals surface area contributed by atoms with Crippen LogP contribution >= 0.6 is 11.6 Å². The number of pyridine rings is 1. The summed E-state index contributed by atoms with van der Waals surface area (Å²) in [7, 11) is 0. The average molecular weight is 278 g/mol. The zero-order chi connectivity index (χ0) is 13.2. The molecule has 2 aromatic heterocycles. The number of carbonyl (C=O) groups is 1. The van der Waals surface area contributed by atoms with Gasteiger partial charge in [-0.2, -0.15) is 5.10 Å². The number of rotatable bonds is 2. The lowest BCUT2D eigenvalue weighted by Crippen LogP contribution is -2.13. The van der Waals surface area contributed by atoms with Gasteiger partial charge in [0.2, 0.25) is 0 Å². The Labute approximate surface area is 115 Å². The number of H-pyrrole nitrogens is 1. The van der Waals surface area contributed by atoms with E-state index < -0.39 is 5.97 Å². The Morgan fingerprint density at radius 3 is 3.00 bits per heavy atom. The molecule has 2 aromatic rings. The van der Waals surface area contributed by atoms with E-state index in [0.717, 1.165) is 36.9 Å². The molecular formula is C13H12ClN3O2. The van der Waals surface area contributed by atoms with Crippen molar-refractivity contribution in [3.63, 3.8) is 0 Å². The van der Waals surface area contributed by atoms with Gasteiger partial charge in [-0.05, 0) is 25.7 Å². The van der Waals surface area contributed by atoms with Gasteiger partial charge < -0.3 is 4.74 Å². The van der Waals surface area contributed by atoms with Crippen LogP contribution in [0.15, 0.2) is 18.5 Å². The minimum absolute atomic E-state index is 0.324. The van der Waals surface area contributed by atoms with Gasteiger partial charge in [-0.15, -0.1) is 0 Å². The number of aromatic nitrogens is 3. The number of aryl methyl sites for hydroxylation is 1. The third-order valence-corrected chi connectivity index (χ3v) is 3.35. The van der Waals surface area contributed by atoms with Crippen LogP contribution in [-0.4, -0.2) is 21.2 Å². The molecule has 1 aliphatic carbocycles. The second kappa shape index (κ2) is 5.01. The Morgan fingerprint density at radius 1 is 1.32 bits per heavy atom. The van der Waals surface area contributed by atoms with Crippen molar-refractivity contribution in [3.8, 4) is 5.75 Å². The van der Waals surface area contributed by atoms with E-state index >= 15 is 0 Å². The largest absolute Gasteiger partial charge is 0.420 e. The lowest BCUT2D eigenvalue weighted by molar-refractivity contribution is 0.0726. The molecule has 3 rings (SSSR count). The first-order chi connectivity index (χ1) is 9.24. The topological polar surface area (TPSA) is 67.9 Å². The van der Waals surface area contributed by atoms with Gasteiger partial charge in [0.1, 0.15) is 0 Å². The second-order valence-electron chi connectivity index (χ2n) is 4.46. The lowest BCUT2D eigenvalue weighted by atomic mass is 9.96. The molecule has 0 bridgehead atoms. The van der Waals surface area contributed by atoms with Crippen molar-refractivity contribution in [1.82, 2.24) is 15.2 Å². The SMILES string of the molecule is O=C(Oc1cncc(Cl)c1)c1n[nH]c2c1CCCC2. The molecule has 0 atom stereocenters. The fraction of sp³-hybridized carbons (Fsp3) is 0.308. The highest BCUT2D eigenvalue weighted by atomic mass is 35.5. The van der Waals surface area contributed by atoms with E-state index in [2.05, 4.69) is 15.2 Å². The number of aromatic amines is 1. The van der Waals surface area contributed by atoms with Crippen molar-refractivity contribution in [2.45, 2.75) is 25.7 Å². The van der Waals surface area contributed by atoms with E-state index in [1.807, 2.05) is 0 Å². The molecule has 98 valence electrons. The summed E-state index contributed by atoms with van der Waals surface area (Å²) in [6.45, 7) is 0. The summed E-state index contributed by atoms with van der Waals surface area (Å²) < 4.78 is 5.24. The molecule has 19 heavy (non-hydrogen) atoms. The van der Waals surface area contributed by atoms with Gasteiger partial charge in [0.25, 0.3) is 0 Å². The number of nitrogens with one attached hydrogen (secondary N) is 1. The smallest absolute Gasteiger partial charge is 0.364 e. The Hall–Kier alpha value is -1.88. The van der Waals surface area contributed by atoms with Gasteiger partial charge in [-0.3, -0.25) is 10.1 Å². The van der Waals surface area contributed by atoms with Crippen LogP contribution in [0.4, 0.5) is 0 Å². The first kappa shape index (κ1) is 12.2. The maximum atomic E-state index is 12.1. The van der Waals surface area contributed by atoms with Gasteiger partial charge in [-0.25, -0.2) is 4.79 Å². The lowest BCUT2D eigenvalue weighted by Gasteiger charge is -2.10. The van der Waals surface area contributed by atoms with Crippen LogP contribution in [-0.2, 0) is 12.8 Å². The molecule has 1 aliphatic rings. The van der Waals surface area contributed by atoms with E-state index in [-0.39, 0.29) is 0 Å². The molecule has 0 saturated heterocycles. The van der Waals surface area contributed by atoms with E-state index in [1.54, 1.807) is 6.07 Å². The number of fused-ring (bicyclic) bond motifs is 1. The Bertz CT molecular complexity index is 624. The number of ether oxygens (including phenoxy) is 1. The maximum absolute atomic E-state index is 12.1. The molecule has 0 amide bonds. The predicted molar refractivity (Wildman–Crippen MR) is 69.4 cm³/mol. The average Bonchev–Trinajstić information content (AvgIpc) is 2.82. The molecule has 0 radical (unpaired) electrons. The fourth-order valence-corrected chi connectivity index (χ4v) is 2.42. The molecule has 5 nitrogen and oxygen atoms in total. The zero-order valence-electron chi connectivity index (χ0n) is 10.1. The van der Waals surface area contributed by atoms with Crippen molar-refractivity contribution in [3.05, 3.63) is 40.4 Å². The van der Waals surface area contributed by atoms with Crippen LogP contribution in [0.5, 0.6) is 5.75 Å². The molecule has 1 N–H and O–H groups in total. The molecule has 0 fully saturated rings. The van der Waals surface area contributed by atoms with Crippen LogP contribution in [0, 0.1) is 0 Å². The Morgan fingerprint density at radius 2 is 2.16 bits per heavy atom. The van der Waals surface area contributed by atoms with Gasteiger partial charge in [0.15, 0.2) is 11.4 Å². The number of hydrogen-bond donors (Lipinski definition) is 1. The van der Waals surface area contributed by atoms with Crippen molar-refractivity contribution in [2.75, 3.05) is 0 Å². The second-order valence-corrected chi connectivity index (χ2v) is 4.90. The number of nitrogens with zero attached hydrogens (tertiary/aromatic N) is 2. The van der Waals surface area contributed by atoms with Gasteiger partial charge in [0.05, 0.1) is 11.2 Å². The normalized spacial score (nSPS) is 13.9. The predicted octanol–water partition coefficient (Wildman–Crippen LogP) is 2.56. The van der Waals surface area contributed by atoms with Gasteiger partial charge in [-0.1, -0.05) is 11.6 Å². The summed E-state index contributed by atoms with van der Waals surface area (Å²) in [5, 5.41) is 7.40. The third kappa shape index (κ3) is 2.46. The molecule has 0 aromatic carbocycles. The number of esters is 1. The minimum Gasteiger partial charge on any atom is -0.420 e. The van der Waals surface area contributed by atoms with E-state index in [4.69, 9.17) is 16.3 Å². The number of carbonyl (C=O) groups excluding carboxylic acids is 1. The third-order valence-electron chi connectivity index (χ3n) is 3.14. The van der Waals surface area contributed by atoms with E-state index in [0.29, 0.717) is 16.5 Å². The van der Waals surface area contributed by atoms with Crippen molar-refractivity contribution in [2.24, 2.45) is 0 Å². The quantitative estimate of drug-likeness (QED) is 0.857. The highest BCUT2D eigenvalue weighted by Crippen LogP contribution is 2.23. The van der Waals surface area contributed by atoms with Gasteiger partial charge in [0, 0.05) is 23.5 Å². The van der Waals surface area contributed by atoms with Crippen molar-refractivity contribution >= 4 is 17.6 Å². The summed E-state index contributed by atoms with van der Waals surface area (Å²) in [6, 6.07) is 1.55. The van der Waals surface area contributed by atoms with Crippen LogP contribution in [0.1, 0.15) is 34.6 Å². The van der Waals surface area contributed by atoms with Crippen LogP contribution in [0.3, 0.4) is 0 Å². The monoisotopic (exact) mass is 277 g/mol. The molecule has 2 heterocycles. The first-order valence-electron chi connectivity index (χ1n) is 6.13. The first-order valence-corrected chi connectivity index (χ1v) is 6.50. The van der Waals surface area contributed by atoms with Crippen molar-refractivity contribution in [1.29, 1.82) is 0 Å². The maximum Gasteiger partial charge on any atom is 0.364 e. The molecule has 6 heteroatoms. The molecular weight excluding hydrogens is 266 g/mol. The number of halogens is 1. The number of hydrogen-bond acceptors (Lipinski definition) is 4. The summed E-state index contributed by atoms with van der Waals surface area (Å²) in [4.78, 5) is 16.0. The van der Waals surface area contributed by atoms with E-state index in [9.17, 15) is 4.79 Å². The zero-order valence-corrected chi connectivity index (χ0v) is 10.9. The fourth-order valence-electron chi connectivity index (χ4n) is 2.25. The van der Waals surface area contributed by atoms with Crippen LogP contribution in [0.2, 0.25) is 5.02 Å². The molecule has 0 aliphatic heterocycles. The summed E-state index contributed by atoms with van der Waals surface area (Å²) in [5.74, 6) is -0.145. The Kier molecular flexibility index (Phi) is 3.21. The van der Waals surface area contributed by atoms with Crippen LogP contribution in [0.25, 0.3) is 0 Å². The summed E-state index contributed by atoms with van der Waals surface area (Å²) >= 11 is 5.79. The van der Waals surface area contributed by atoms with Crippen LogP contribution < -0.4 is 4.74 Å². The summed E-state index contributed by atoms with van der Waals surface area (Å²) in [6.07, 6.45) is 6.93. The Balaban J connectivity index is 1.83. The summed E-state index contributed by atoms with van der Waals surface area (Å²) in [5.41, 5.74) is 2.39. The van der Waals surface area contributed by atoms with E-state index in [1.165, 1.54) is 12.4 Å². The molecule has 0 spiro atoms. The molecule has 0 saturated carbocycles. The van der Waals surface area contributed by atoms with Gasteiger partial charge >= 0.3 is 5.97 Å².